The van der Waals surface area contributed by atoms with E-state index >= 15 is 0 Å². The van der Waals surface area contributed by atoms with Crippen molar-refractivity contribution in [2.45, 2.75) is 6.92 Å². The number of hydrogen-bond acceptors (Lipinski definition) is 2. The lowest BCUT2D eigenvalue weighted by Gasteiger charge is -2.00. The molecule has 0 spiro atoms. The van der Waals surface area contributed by atoms with Crippen LogP contribution in [-0.2, 0) is 0 Å². The number of para-hydroxylation sites is 1. The van der Waals surface area contributed by atoms with Crippen LogP contribution >= 0.6 is 0 Å². The zero-order chi connectivity index (χ0) is 12.1. The standard InChI is InChI=1S/C15H15NO/c1-12-5-3-4-6-15(12)16-11-13-7-9-14(17-2)10-8-13/h3-11H,1-2H3. The van der Waals surface area contributed by atoms with E-state index in [2.05, 4.69) is 18.0 Å². The fourth-order valence-corrected chi connectivity index (χ4v) is 1.54. The molecule has 0 heterocycles. The number of nitrogens with zero attached hydrogens (tertiary/aromatic N) is 1. The zero-order valence-corrected chi connectivity index (χ0v) is 10.1. The third-order valence-corrected chi connectivity index (χ3v) is 2.58. The highest BCUT2D eigenvalue weighted by atomic mass is 16.5. The first-order chi connectivity index (χ1) is 8.29. The van der Waals surface area contributed by atoms with Gasteiger partial charge in [-0.25, -0.2) is 0 Å². The van der Waals surface area contributed by atoms with Crippen LogP contribution in [-0.4, -0.2) is 13.3 Å². The Labute approximate surface area is 102 Å². The summed E-state index contributed by atoms with van der Waals surface area (Å²) in [5.41, 5.74) is 3.25. The molecule has 2 rings (SSSR count). The van der Waals surface area contributed by atoms with Gasteiger partial charge >= 0.3 is 0 Å². The molecule has 0 aliphatic heterocycles. The van der Waals surface area contributed by atoms with E-state index in [1.807, 2.05) is 48.7 Å². The second-order valence-electron chi connectivity index (χ2n) is 3.82. The van der Waals surface area contributed by atoms with Gasteiger partial charge in [0.25, 0.3) is 0 Å². The molecule has 0 fully saturated rings. The normalized spacial score (nSPS) is 10.7. The van der Waals surface area contributed by atoms with Crippen molar-refractivity contribution in [3.8, 4) is 5.75 Å². The maximum absolute atomic E-state index is 5.11. The highest BCUT2D eigenvalue weighted by Gasteiger charge is 1.93. The molecule has 0 saturated heterocycles. The maximum atomic E-state index is 5.11. The van der Waals surface area contributed by atoms with Gasteiger partial charge in [-0.3, -0.25) is 4.99 Å². The Morgan fingerprint density at radius 2 is 1.71 bits per heavy atom. The molecule has 0 saturated carbocycles. The third-order valence-electron chi connectivity index (χ3n) is 2.58. The van der Waals surface area contributed by atoms with E-state index < -0.39 is 0 Å². The summed E-state index contributed by atoms with van der Waals surface area (Å²) in [7, 11) is 1.66. The van der Waals surface area contributed by atoms with Gasteiger partial charge < -0.3 is 4.74 Å². The Balaban J connectivity index is 2.17. The van der Waals surface area contributed by atoms with Crippen LogP contribution < -0.4 is 4.74 Å². The van der Waals surface area contributed by atoms with Crippen LogP contribution in [0.15, 0.2) is 53.5 Å². The van der Waals surface area contributed by atoms with Gasteiger partial charge in [-0.05, 0) is 48.4 Å². The quantitative estimate of drug-likeness (QED) is 0.729. The van der Waals surface area contributed by atoms with E-state index in [0.29, 0.717) is 0 Å². The summed E-state index contributed by atoms with van der Waals surface area (Å²) in [6.45, 7) is 2.06. The van der Waals surface area contributed by atoms with Crippen molar-refractivity contribution in [2.75, 3.05) is 7.11 Å². The van der Waals surface area contributed by atoms with Gasteiger partial charge in [0.05, 0.1) is 12.8 Å². The summed E-state index contributed by atoms with van der Waals surface area (Å²) in [5.74, 6) is 0.859. The van der Waals surface area contributed by atoms with E-state index in [9.17, 15) is 0 Å². The summed E-state index contributed by atoms with van der Waals surface area (Å²) >= 11 is 0. The number of benzene rings is 2. The average molecular weight is 225 g/mol. The van der Waals surface area contributed by atoms with E-state index in [4.69, 9.17) is 4.74 Å². The molecule has 0 bridgehead atoms. The van der Waals surface area contributed by atoms with Gasteiger partial charge in [-0.2, -0.15) is 0 Å². The molecule has 17 heavy (non-hydrogen) atoms. The van der Waals surface area contributed by atoms with Crippen LogP contribution in [0.5, 0.6) is 5.75 Å². The van der Waals surface area contributed by atoms with Crippen LogP contribution in [0.25, 0.3) is 0 Å². The van der Waals surface area contributed by atoms with Gasteiger partial charge in [-0.1, -0.05) is 18.2 Å². The van der Waals surface area contributed by atoms with Crippen molar-refractivity contribution < 1.29 is 4.74 Å². The molecule has 0 aromatic heterocycles. The molecular formula is C15H15NO. The minimum atomic E-state index is 0.859. The molecule has 0 aliphatic carbocycles. The van der Waals surface area contributed by atoms with Gasteiger partial charge in [0.2, 0.25) is 0 Å². The smallest absolute Gasteiger partial charge is 0.118 e. The highest BCUT2D eigenvalue weighted by Crippen LogP contribution is 2.17. The fourth-order valence-electron chi connectivity index (χ4n) is 1.54. The van der Waals surface area contributed by atoms with Crippen LogP contribution in [0.4, 0.5) is 5.69 Å². The molecule has 86 valence electrons. The topological polar surface area (TPSA) is 21.6 Å². The molecule has 2 aromatic carbocycles. The minimum Gasteiger partial charge on any atom is -0.497 e. The molecular weight excluding hydrogens is 210 g/mol. The van der Waals surface area contributed by atoms with Gasteiger partial charge in [0, 0.05) is 6.21 Å². The predicted molar refractivity (Wildman–Crippen MR) is 71.4 cm³/mol. The van der Waals surface area contributed by atoms with Crippen molar-refractivity contribution >= 4 is 11.9 Å². The monoisotopic (exact) mass is 225 g/mol. The second-order valence-corrected chi connectivity index (χ2v) is 3.82. The second kappa shape index (κ2) is 5.30. The van der Waals surface area contributed by atoms with Crippen molar-refractivity contribution in [3.05, 3.63) is 59.7 Å². The number of ether oxygens (including phenoxy) is 1. The number of methoxy groups -OCH3 is 1. The first-order valence-corrected chi connectivity index (χ1v) is 5.53. The third kappa shape index (κ3) is 2.94. The van der Waals surface area contributed by atoms with Crippen molar-refractivity contribution in [1.29, 1.82) is 0 Å². The van der Waals surface area contributed by atoms with Crippen LogP contribution in [0.2, 0.25) is 0 Å². The summed E-state index contributed by atoms with van der Waals surface area (Å²) in [6.07, 6.45) is 1.86. The Kier molecular flexibility index (Phi) is 3.55. The van der Waals surface area contributed by atoms with Gasteiger partial charge in [0.1, 0.15) is 5.75 Å². The Morgan fingerprint density at radius 3 is 2.35 bits per heavy atom. The molecule has 2 aromatic rings. The van der Waals surface area contributed by atoms with Crippen LogP contribution in [0.1, 0.15) is 11.1 Å². The van der Waals surface area contributed by atoms with Crippen LogP contribution in [0, 0.1) is 6.92 Å². The Morgan fingerprint density at radius 1 is 1.00 bits per heavy atom. The molecule has 2 heteroatoms. The molecule has 0 atom stereocenters. The summed E-state index contributed by atoms with van der Waals surface area (Å²) in [4.78, 5) is 4.47. The summed E-state index contributed by atoms with van der Waals surface area (Å²) < 4.78 is 5.11. The lowest BCUT2D eigenvalue weighted by atomic mass is 10.2. The highest BCUT2D eigenvalue weighted by molar-refractivity contribution is 5.82. The van der Waals surface area contributed by atoms with Crippen LogP contribution in [0.3, 0.4) is 0 Å². The SMILES string of the molecule is COc1ccc(C=Nc2ccccc2C)cc1. The van der Waals surface area contributed by atoms with Crippen molar-refractivity contribution in [2.24, 2.45) is 4.99 Å². The van der Waals surface area contributed by atoms with E-state index in [1.54, 1.807) is 7.11 Å². The fraction of sp³-hybridized carbons (Fsp3) is 0.133. The first kappa shape index (κ1) is 11.4. The van der Waals surface area contributed by atoms with E-state index in [1.165, 1.54) is 5.56 Å². The number of aliphatic imine (C=N–C) groups is 1. The maximum Gasteiger partial charge on any atom is 0.118 e. The first-order valence-electron chi connectivity index (χ1n) is 5.53. The number of aryl methyl sites for hydroxylation is 1. The van der Waals surface area contributed by atoms with E-state index in [0.717, 1.165) is 17.0 Å². The molecule has 0 amide bonds. The summed E-state index contributed by atoms with van der Waals surface area (Å²) in [6, 6.07) is 15.9. The average Bonchev–Trinajstić information content (AvgIpc) is 2.38. The molecule has 0 aliphatic rings. The van der Waals surface area contributed by atoms with Gasteiger partial charge in [-0.15, -0.1) is 0 Å². The largest absolute Gasteiger partial charge is 0.497 e. The Hall–Kier alpha value is -2.09. The lowest BCUT2D eigenvalue weighted by Crippen LogP contribution is -1.84. The molecule has 0 unspecified atom stereocenters. The predicted octanol–water partition coefficient (Wildman–Crippen LogP) is 3.75. The minimum absolute atomic E-state index is 0.859. The van der Waals surface area contributed by atoms with Crippen molar-refractivity contribution in [3.63, 3.8) is 0 Å². The molecule has 2 nitrogen and oxygen atoms in total. The molecule has 0 radical (unpaired) electrons. The number of rotatable bonds is 3. The zero-order valence-electron chi connectivity index (χ0n) is 10.1. The lowest BCUT2D eigenvalue weighted by molar-refractivity contribution is 0.415. The van der Waals surface area contributed by atoms with E-state index in [-0.39, 0.29) is 0 Å². The molecule has 0 N–H and O–H groups in total. The summed E-state index contributed by atoms with van der Waals surface area (Å²) in [5, 5.41) is 0. The van der Waals surface area contributed by atoms with Gasteiger partial charge in [0.15, 0.2) is 0 Å². The number of hydrogen-bond donors (Lipinski definition) is 0. The Bertz CT molecular complexity index is 515. The van der Waals surface area contributed by atoms with Crippen molar-refractivity contribution in [1.82, 2.24) is 0 Å².